The third-order valence-corrected chi connectivity index (χ3v) is 2.95. The maximum Gasteiger partial charge on any atom is 0.134 e. The highest BCUT2D eigenvalue weighted by molar-refractivity contribution is 5.83. The van der Waals surface area contributed by atoms with Crippen molar-refractivity contribution < 1.29 is 0 Å². The highest BCUT2D eigenvalue weighted by atomic mass is 14.9. The predicted molar refractivity (Wildman–Crippen MR) is 76.1 cm³/mol. The molecule has 1 aromatic heterocycles. The van der Waals surface area contributed by atoms with E-state index in [1.165, 1.54) is 5.56 Å². The van der Waals surface area contributed by atoms with Crippen molar-refractivity contribution in [2.45, 2.75) is 6.92 Å². The van der Waals surface area contributed by atoms with E-state index in [0.717, 1.165) is 22.4 Å². The van der Waals surface area contributed by atoms with Gasteiger partial charge in [0.2, 0.25) is 0 Å². The van der Waals surface area contributed by atoms with Gasteiger partial charge in [-0.1, -0.05) is 42.5 Å². The van der Waals surface area contributed by atoms with Gasteiger partial charge in [-0.15, -0.1) is 0 Å². The van der Waals surface area contributed by atoms with Gasteiger partial charge in [0.05, 0.1) is 11.0 Å². The molecule has 2 heteroatoms. The van der Waals surface area contributed by atoms with Crippen molar-refractivity contribution in [3.05, 3.63) is 66.0 Å². The number of fused-ring (bicyclic) bond motifs is 1. The summed E-state index contributed by atoms with van der Waals surface area (Å²) in [6, 6.07) is 18.4. The van der Waals surface area contributed by atoms with Crippen molar-refractivity contribution in [1.82, 2.24) is 9.97 Å². The third kappa shape index (κ3) is 2.05. The van der Waals surface area contributed by atoms with Crippen molar-refractivity contribution in [3.8, 4) is 0 Å². The van der Waals surface area contributed by atoms with Crippen LogP contribution in [0.4, 0.5) is 0 Å². The monoisotopic (exact) mass is 234 g/mol. The molecule has 3 aromatic rings. The summed E-state index contributed by atoms with van der Waals surface area (Å²) < 4.78 is 0. The summed E-state index contributed by atoms with van der Waals surface area (Å²) in [6.07, 6.45) is 2.14. The fourth-order valence-corrected chi connectivity index (χ4v) is 2.01. The highest BCUT2D eigenvalue weighted by Crippen LogP contribution is 2.18. The summed E-state index contributed by atoms with van der Waals surface area (Å²) in [6.45, 7) is 2.07. The van der Waals surface area contributed by atoms with Crippen molar-refractivity contribution in [2.75, 3.05) is 0 Å². The summed E-state index contributed by atoms with van der Waals surface area (Å²) >= 11 is 0. The van der Waals surface area contributed by atoms with Crippen LogP contribution < -0.4 is 0 Å². The normalized spacial score (nSPS) is 11.9. The molecule has 18 heavy (non-hydrogen) atoms. The van der Waals surface area contributed by atoms with Gasteiger partial charge < -0.3 is 4.98 Å². The van der Waals surface area contributed by atoms with E-state index in [-0.39, 0.29) is 0 Å². The first-order valence-corrected chi connectivity index (χ1v) is 6.01. The molecule has 0 aliphatic heterocycles. The Morgan fingerprint density at radius 3 is 2.50 bits per heavy atom. The minimum atomic E-state index is 0.931. The van der Waals surface area contributed by atoms with Crippen LogP contribution in [-0.2, 0) is 0 Å². The van der Waals surface area contributed by atoms with E-state index in [9.17, 15) is 0 Å². The number of H-pyrrole nitrogens is 1. The number of nitrogens with zero attached hydrogens (tertiary/aromatic N) is 1. The number of allylic oxidation sites excluding steroid dienone is 1. The SMILES string of the molecule is C/C(=C\c1ccccc1)c1nc2ccccc2[nH]1. The molecule has 0 atom stereocenters. The van der Waals surface area contributed by atoms with Crippen LogP contribution in [0.1, 0.15) is 18.3 Å². The topological polar surface area (TPSA) is 28.7 Å². The van der Waals surface area contributed by atoms with E-state index < -0.39 is 0 Å². The summed E-state index contributed by atoms with van der Waals surface area (Å²) in [5.41, 5.74) is 4.41. The molecule has 0 saturated heterocycles. The fraction of sp³-hybridized carbons (Fsp3) is 0.0625. The molecular formula is C16H14N2. The molecule has 1 N–H and O–H groups in total. The standard InChI is InChI=1S/C16H14N2/c1-12(11-13-7-3-2-4-8-13)16-17-14-9-5-6-10-15(14)18-16/h2-11H,1H3,(H,17,18)/b12-11+. The second-order valence-electron chi connectivity index (χ2n) is 4.34. The molecule has 0 saturated carbocycles. The molecule has 0 aliphatic carbocycles. The summed E-state index contributed by atoms with van der Waals surface area (Å²) in [7, 11) is 0. The smallest absolute Gasteiger partial charge is 0.134 e. The second kappa shape index (κ2) is 4.49. The van der Waals surface area contributed by atoms with Crippen LogP contribution in [0.25, 0.3) is 22.7 Å². The van der Waals surface area contributed by atoms with E-state index >= 15 is 0 Å². The number of nitrogens with one attached hydrogen (secondary N) is 1. The van der Waals surface area contributed by atoms with E-state index in [4.69, 9.17) is 0 Å². The van der Waals surface area contributed by atoms with Crippen LogP contribution in [-0.4, -0.2) is 9.97 Å². The zero-order valence-electron chi connectivity index (χ0n) is 10.2. The molecule has 88 valence electrons. The van der Waals surface area contributed by atoms with Gasteiger partial charge in [0.1, 0.15) is 5.82 Å². The Morgan fingerprint density at radius 1 is 1.00 bits per heavy atom. The molecule has 0 spiro atoms. The van der Waals surface area contributed by atoms with Crippen molar-refractivity contribution in [1.29, 1.82) is 0 Å². The summed E-state index contributed by atoms with van der Waals surface area (Å²) in [5.74, 6) is 0.931. The molecule has 0 bridgehead atoms. The number of aromatic amines is 1. The Kier molecular flexibility index (Phi) is 2.69. The van der Waals surface area contributed by atoms with E-state index in [0.29, 0.717) is 0 Å². The molecule has 2 aromatic carbocycles. The zero-order chi connectivity index (χ0) is 12.4. The van der Waals surface area contributed by atoms with Gasteiger partial charge in [0, 0.05) is 0 Å². The van der Waals surface area contributed by atoms with E-state index in [1.54, 1.807) is 0 Å². The predicted octanol–water partition coefficient (Wildman–Crippen LogP) is 4.12. The molecule has 0 amide bonds. The average Bonchev–Trinajstić information content (AvgIpc) is 2.84. The Labute approximate surface area is 106 Å². The first-order valence-electron chi connectivity index (χ1n) is 6.01. The van der Waals surface area contributed by atoms with Gasteiger partial charge in [0.15, 0.2) is 0 Å². The highest BCUT2D eigenvalue weighted by Gasteiger charge is 2.03. The molecule has 0 aliphatic rings. The fourth-order valence-electron chi connectivity index (χ4n) is 2.01. The van der Waals surface area contributed by atoms with Crippen LogP contribution in [0.5, 0.6) is 0 Å². The molecule has 0 radical (unpaired) electrons. The summed E-state index contributed by atoms with van der Waals surface area (Å²) in [4.78, 5) is 7.92. The molecule has 2 nitrogen and oxygen atoms in total. The van der Waals surface area contributed by atoms with Gasteiger partial charge in [-0.3, -0.25) is 0 Å². The Balaban J connectivity index is 2.01. The molecule has 3 rings (SSSR count). The number of hydrogen-bond acceptors (Lipinski definition) is 1. The van der Waals surface area contributed by atoms with Gasteiger partial charge in [-0.05, 0) is 36.3 Å². The van der Waals surface area contributed by atoms with Gasteiger partial charge in [-0.2, -0.15) is 0 Å². The van der Waals surface area contributed by atoms with Crippen molar-refractivity contribution in [3.63, 3.8) is 0 Å². The largest absolute Gasteiger partial charge is 0.338 e. The Hall–Kier alpha value is -2.35. The Bertz CT molecular complexity index is 660. The molecule has 0 fully saturated rings. The molecule has 0 unspecified atom stereocenters. The van der Waals surface area contributed by atoms with Gasteiger partial charge >= 0.3 is 0 Å². The second-order valence-corrected chi connectivity index (χ2v) is 4.34. The Morgan fingerprint density at radius 2 is 1.72 bits per heavy atom. The number of rotatable bonds is 2. The lowest BCUT2D eigenvalue weighted by Crippen LogP contribution is -1.82. The maximum absolute atomic E-state index is 4.58. The quantitative estimate of drug-likeness (QED) is 0.709. The van der Waals surface area contributed by atoms with Crippen LogP contribution in [0.15, 0.2) is 54.6 Å². The first-order chi connectivity index (χ1) is 8.83. The van der Waals surface area contributed by atoms with Gasteiger partial charge in [0.25, 0.3) is 0 Å². The van der Waals surface area contributed by atoms with Crippen LogP contribution >= 0.6 is 0 Å². The summed E-state index contributed by atoms with van der Waals surface area (Å²) in [5, 5.41) is 0. The number of aromatic nitrogens is 2. The molecular weight excluding hydrogens is 220 g/mol. The lowest BCUT2D eigenvalue weighted by molar-refractivity contribution is 1.26. The van der Waals surface area contributed by atoms with Crippen molar-refractivity contribution in [2.24, 2.45) is 0 Å². The minimum Gasteiger partial charge on any atom is -0.338 e. The number of imidazole rings is 1. The number of benzene rings is 2. The average molecular weight is 234 g/mol. The first kappa shape index (κ1) is 10.8. The van der Waals surface area contributed by atoms with E-state index in [1.807, 2.05) is 42.5 Å². The third-order valence-electron chi connectivity index (χ3n) is 2.95. The van der Waals surface area contributed by atoms with Crippen LogP contribution in [0.3, 0.4) is 0 Å². The van der Waals surface area contributed by atoms with Gasteiger partial charge in [-0.25, -0.2) is 4.98 Å². The lowest BCUT2D eigenvalue weighted by Gasteiger charge is -1.96. The number of para-hydroxylation sites is 2. The molecule has 1 heterocycles. The minimum absolute atomic E-state index is 0.931. The lowest BCUT2D eigenvalue weighted by atomic mass is 10.1. The maximum atomic E-state index is 4.58. The number of hydrogen-bond donors (Lipinski definition) is 1. The van der Waals surface area contributed by atoms with Crippen LogP contribution in [0, 0.1) is 0 Å². The van der Waals surface area contributed by atoms with E-state index in [2.05, 4.69) is 35.1 Å². The van der Waals surface area contributed by atoms with Crippen LogP contribution in [0.2, 0.25) is 0 Å². The zero-order valence-corrected chi connectivity index (χ0v) is 10.2. The van der Waals surface area contributed by atoms with Crippen molar-refractivity contribution >= 4 is 22.7 Å².